The van der Waals surface area contributed by atoms with E-state index in [9.17, 15) is 21.6 Å². The molecule has 1 amide bonds. The van der Waals surface area contributed by atoms with E-state index in [0.717, 1.165) is 0 Å². The van der Waals surface area contributed by atoms with Gasteiger partial charge >= 0.3 is 0 Å². The Balaban J connectivity index is 1.44. The molecule has 32 heavy (non-hydrogen) atoms. The Morgan fingerprint density at radius 3 is 2.38 bits per heavy atom. The highest BCUT2D eigenvalue weighted by molar-refractivity contribution is 7.89. The lowest BCUT2D eigenvalue weighted by atomic mass is 10.1. The summed E-state index contributed by atoms with van der Waals surface area (Å²) in [5, 5.41) is 2.85. The molecule has 2 aromatic rings. The molecule has 0 saturated carbocycles. The van der Waals surface area contributed by atoms with Crippen molar-refractivity contribution in [1.29, 1.82) is 0 Å². The van der Waals surface area contributed by atoms with E-state index in [2.05, 4.69) is 15.0 Å². The Labute approximate surface area is 188 Å². The van der Waals surface area contributed by atoms with Gasteiger partial charge in [0, 0.05) is 44.5 Å². The van der Waals surface area contributed by atoms with E-state index in [1.54, 1.807) is 12.1 Å². The number of methoxy groups -OCH3 is 1. The molecule has 12 heteroatoms. The largest absolute Gasteiger partial charge is 0.497 e. The SMILES string of the molecule is COc1ccc(S(=O)(=O)N2CCC(NC(=O)CCNS(=O)(=O)c3cccnc3)CC2)cc1. The summed E-state index contributed by atoms with van der Waals surface area (Å²) in [6.07, 6.45) is 3.63. The standard InChI is InChI=1S/C20H26N4O6S2/c1-30-17-4-6-18(7-5-17)32(28,29)24-13-9-16(10-14-24)23-20(25)8-12-22-31(26,27)19-3-2-11-21-15-19/h2-7,11,15-16,22H,8-10,12-14H2,1H3,(H,23,25). The number of rotatable bonds is 9. The maximum Gasteiger partial charge on any atom is 0.243 e. The zero-order chi connectivity index (χ0) is 23.2. The lowest BCUT2D eigenvalue weighted by Crippen LogP contribution is -2.46. The van der Waals surface area contributed by atoms with E-state index in [-0.39, 0.29) is 47.8 Å². The van der Waals surface area contributed by atoms with Gasteiger partial charge in [-0.3, -0.25) is 9.78 Å². The van der Waals surface area contributed by atoms with Gasteiger partial charge in [0.2, 0.25) is 26.0 Å². The summed E-state index contributed by atoms with van der Waals surface area (Å²) in [7, 11) is -5.82. The van der Waals surface area contributed by atoms with Crippen LogP contribution >= 0.6 is 0 Å². The third kappa shape index (κ3) is 6.03. The molecule has 174 valence electrons. The van der Waals surface area contributed by atoms with Crippen molar-refractivity contribution in [3.05, 3.63) is 48.8 Å². The number of hydrogen-bond acceptors (Lipinski definition) is 7. The van der Waals surface area contributed by atoms with Crippen molar-refractivity contribution >= 4 is 26.0 Å². The van der Waals surface area contributed by atoms with Crippen LogP contribution in [-0.2, 0) is 24.8 Å². The first kappa shape index (κ1) is 24.1. The molecule has 1 aliphatic heterocycles. The van der Waals surface area contributed by atoms with E-state index in [4.69, 9.17) is 4.74 Å². The third-order valence-corrected chi connectivity index (χ3v) is 8.46. The second-order valence-corrected chi connectivity index (χ2v) is 11.0. The van der Waals surface area contributed by atoms with Crippen LogP contribution in [0.5, 0.6) is 5.75 Å². The summed E-state index contributed by atoms with van der Waals surface area (Å²) >= 11 is 0. The van der Waals surface area contributed by atoms with Gasteiger partial charge in [0.1, 0.15) is 10.6 Å². The minimum absolute atomic E-state index is 0.0240. The number of piperidine rings is 1. The molecule has 1 aliphatic rings. The molecule has 1 saturated heterocycles. The lowest BCUT2D eigenvalue weighted by molar-refractivity contribution is -0.121. The van der Waals surface area contributed by atoms with Crippen molar-refractivity contribution in [2.45, 2.75) is 35.1 Å². The predicted octanol–water partition coefficient (Wildman–Crippen LogP) is 0.728. The Kier molecular flexibility index (Phi) is 7.82. The lowest BCUT2D eigenvalue weighted by Gasteiger charge is -2.31. The minimum Gasteiger partial charge on any atom is -0.497 e. The van der Waals surface area contributed by atoms with Gasteiger partial charge in [-0.2, -0.15) is 4.31 Å². The molecule has 3 rings (SSSR count). The highest BCUT2D eigenvalue weighted by Crippen LogP contribution is 2.22. The summed E-state index contributed by atoms with van der Waals surface area (Å²) in [6, 6.07) is 8.99. The van der Waals surface area contributed by atoms with Crippen LogP contribution in [0.1, 0.15) is 19.3 Å². The van der Waals surface area contributed by atoms with Gasteiger partial charge in [-0.1, -0.05) is 0 Å². The first-order valence-corrected chi connectivity index (χ1v) is 13.0. The number of amides is 1. The van der Waals surface area contributed by atoms with Crippen LogP contribution in [0.25, 0.3) is 0 Å². The molecule has 1 aromatic carbocycles. The Morgan fingerprint density at radius 1 is 1.09 bits per heavy atom. The molecule has 2 N–H and O–H groups in total. The molecule has 1 aromatic heterocycles. The number of nitrogens with zero attached hydrogens (tertiary/aromatic N) is 2. The van der Waals surface area contributed by atoms with Crippen LogP contribution in [0.2, 0.25) is 0 Å². The molecule has 0 spiro atoms. The second kappa shape index (κ2) is 10.4. The maximum absolute atomic E-state index is 12.8. The second-order valence-electron chi connectivity index (χ2n) is 7.26. The van der Waals surface area contributed by atoms with Crippen LogP contribution < -0.4 is 14.8 Å². The summed E-state index contributed by atoms with van der Waals surface area (Å²) in [5.41, 5.74) is 0. The maximum atomic E-state index is 12.8. The highest BCUT2D eigenvalue weighted by Gasteiger charge is 2.30. The molecule has 10 nitrogen and oxygen atoms in total. The summed E-state index contributed by atoms with van der Waals surface area (Å²) < 4.78 is 58.7. The van der Waals surface area contributed by atoms with Gasteiger partial charge in [0.15, 0.2) is 0 Å². The normalized spacial score (nSPS) is 15.9. The zero-order valence-electron chi connectivity index (χ0n) is 17.6. The molecule has 2 heterocycles. The minimum atomic E-state index is -3.72. The molecular weight excluding hydrogens is 456 g/mol. The van der Waals surface area contributed by atoms with E-state index < -0.39 is 20.0 Å². The average molecular weight is 483 g/mol. The van der Waals surface area contributed by atoms with E-state index in [0.29, 0.717) is 18.6 Å². The number of benzene rings is 1. The van der Waals surface area contributed by atoms with Crippen molar-refractivity contribution in [3.63, 3.8) is 0 Å². The van der Waals surface area contributed by atoms with Crippen LogP contribution in [-0.4, -0.2) is 64.8 Å². The van der Waals surface area contributed by atoms with Crippen molar-refractivity contribution < 1.29 is 26.4 Å². The van der Waals surface area contributed by atoms with Crippen LogP contribution in [0.3, 0.4) is 0 Å². The monoisotopic (exact) mass is 482 g/mol. The fourth-order valence-electron chi connectivity index (χ4n) is 3.33. The van der Waals surface area contributed by atoms with Crippen LogP contribution in [0.4, 0.5) is 0 Å². The third-order valence-electron chi connectivity index (χ3n) is 5.11. The van der Waals surface area contributed by atoms with Gasteiger partial charge < -0.3 is 10.1 Å². The van der Waals surface area contributed by atoms with Crippen LogP contribution in [0, 0.1) is 0 Å². The van der Waals surface area contributed by atoms with E-state index in [1.807, 2.05) is 0 Å². The molecule has 0 unspecified atom stereocenters. The number of hydrogen-bond donors (Lipinski definition) is 2. The van der Waals surface area contributed by atoms with Crippen molar-refractivity contribution in [1.82, 2.24) is 19.3 Å². The van der Waals surface area contributed by atoms with Crippen molar-refractivity contribution in [3.8, 4) is 5.75 Å². The van der Waals surface area contributed by atoms with Gasteiger partial charge in [-0.15, -0.1) is 0 Å². The molecule has 1 fully saturated rings. The van der Waals surface area contributed by atoms with Gasteiger partial charge in [-0.05, 0) is 49.2 Å². The Hall–Kier alpha value is -2.54. The highest BCUT2D eigenvalue weighted by atomic mass is 32.2. The fraction of sp³-hybridized carbons (Fsp3) is 0.400. The first-order chi connectivity index (χ1) is 15.2. The fourth-order valence-corrected chi connectivity index (χ4v) is 5.79. The summed E-state index contributed by atoms with van der Waals surface area (Å²) in [6.45, 7) is 0.521. The molecule has 0 atom stereocenters. The quantitative estimate of drug-likeness (QED) is 0.538. The van der Waals surface area contributed by atoms with Gasteiger partial charge in [-0.25, -0.2) is 21.6 Å². The number of pyridine rings is 1. The smallest absolute Gasteiger partial charge is 0.243 e. The Bertz CT molecular complexity index is 1110. The topological polar surface area (TPSA) is 135 Å². The zero-order valence-corrected chi connectivity index (χ0v) is 19.2. The predicted molar refractivity (Wildman–Crippen MR) is 117 cm³/mol. The molecule has 0 aliphatic carbocycles. The van der Waals surface area contributed by atoms with E-state index in [1.165, 1.54) is 48.1 Å². The number of sulfonamides is 2. The number of aromatic nitrogens is 1. The number of ether oxygens (including phenoxy) is 1. The van der Waals surface area contributed by atoms with Crippen molar-refractivity contribution in [2.24, 2.45) is 0 Å². The Morgan fingerprint density at radius 2 is 1.78 bits per heavy atom. The summed E-state index contributed by atoms with van der Waals surface area (Å²) in [4.78, 5) is 16.2. The summed E-state index contributed by atoms with van der Waals surface area (Å²) in [5.74, 6) is 0.281. The van der Waals surface area contributed by atoms with Gasteiger partial charge in [0.25, 0.3) is 0 Å². The van der Waals surface area contributed by atoms with Crippen molar-refractivity contribution in [2.75, 3.05) is 26.7 Å². The number of carbonyl (C=O) groups excluding carboxylic acids is 1. The van der Waals surface area contributed by atoms with Crippen LogP contribution in [0.15, 0.2) is 58.6 Å². The molecule has 0 bridgehead atoms. The molecule has 0 radical (unpaired) electrons. The first-order valence-electron chi connectivity index (χ1n) is 10.1. The average Bonchev–Trinajstić information content (AvgIpc) is 2.80. The van der Waals surface area contributed by atoms with Gasteiger partial charge in [0.05, 0.1) is 12.0 Å². The van der Waals surface area contributed by atoms with E-state index >= 15 is 0 Å². The number of nitrogens with one attached hydrogen (secondary N) is 2. The molecular formula is C20H26N4O6S2. The number of carbonyl (C=O) groups is 1.